The molecule has 0 amide bonds. The van der Waals surface area contributed by atoms with Crippen LogP contribution in [0.15, 0.2) is 4.99 Å². The molecule has 0 bridgehead atoms. The predicted octanol–water partition coefficient (Wildman–Crippen LogP) is 1.57. The molecule has 144 valence electrons. The molecule has 2 aliphatic heterocycles. The van der Waals surface area contributed by atoms with Crippen molar-refractivity contribution in [2.24, 2.45) is 22.7 Å². The lowest BCUT2D eigenvalue weighted by Gasteiger charge is -2.31. The first kappa shape index (κ1) is 19.0. The van der Waals surface area contributed by atoms with E-state index in [1.54, 1.807) is 0 Å². The summed E-state index contributed by atoms with van der Waals surface area (Å²) in [6, 6.07) is 0.465. The Morgan fingerprint density at radius 1 is 1.16 bits per heavy atom. The van der Waals surface area contributed by atoms with Gasteiger partial charge in [-0.2, -0.15) is 0 Å². The van der Waals surface area contributed by atoms with Crippen molar-refractivity contribution < 1.29 is 13.2 Å². The minimum Gasteiger partial charge on any atom is -0.381 e. The Morgan fingerprint density at radius 2 is 2.00 bits per heavy atom. The Balaban J connectivity index is 1.57. The molecule has 25 heavy (non-hydrogen) atoms. The molecular weight excluding hydrogens is 338 g/mol. The highest BCUT2D eigenvalue weighted by Gasteiger charge is 2.28. The van der Waals surface area contributed by atoms with Crippen molar-refractivity contribution in [2.45, 2.75) is 51.5 Å². The molecule has 7 heteroatoms. The van der Waals surface area contributed by atoms with E-state index in [0.717, 1.165) is 38.6 Å². The highest BCUT2D eigenvalue weighted by molar-refractivity contribution is 7.91. The van der Waals surface area contributed by atoms with Crippen LogP contribution in [0.3, 0.4) is 0 Å². The molecular formula is C18H33N3O3S. The molecule has 0 radical (unpaired) electrons. The molecule has 4 atom stereocenters. The zero-order valence-corrected chi connectivity index (χ0v) is 16.2. The van der Waals surface area contributed by atoms with Gasteiger partial charge >= 0.3 is 0 Å². The maximum absolute atomic E-state index is 11.7. The number of hydrogen-bond acceptors (Lipinski definition) is 4. The number of hydrogen-bond donors (Lipinski definition) is 2. The van der Waals surface area contributed by atoms with Crippen molar-refractivity contribution in [3.63, 3.8) is 0 Å². The minimum atomic E-state index is -2.83. The molecule has 1 aliphatic carbocycles. The summed E-state index contributed by atoms with van der Waals surface area (Å²) in [6.07, 6.45) is 6.89. The van der Waals surface area contributed by atoms with E-state index in [4.69, 9.17) is 9.73 Å². The van der Waals surface area contributed by atoms with E-state index in [0.29, 0.717) is 35.9 Å². The number of guanidine groups is 1. The fraction of sp³-hybridized carbons (Fsp3) is 0.944. The van der Waals surface area contributed by atoms with Gasteiger partial charge in [0.2, 0.25) is 0 Å². The third kappa shape index (κ3) is 5.84. The third-order valence-electron chi connectivity index (χ3n) is 5.85. The van der Waals surface area contributed by atoms with Gasteiger partial charge in [-0.3, -0.25) is 4.99 Å². The average Bonchev–Trinajstić information content (AvgIpc) is 3.21. The monoisotopic (exact) mass is 371 g/mol. The van der Waals surface area contributed by atoms with Gasteiger partial charge in [0, 0.05) is 31.7 Å². The van der Waals surface area contributed by atoms with Gasteiger partial charge < -0.3 is 15.4 Å². The Kier molecular flexibility index (Phi) is 6.61. The van der Waals surface area contributed by atoms with Crippen LogP contribution in [-0.4, -0.2) is 58.2 Å². The summed E-state index contributed by atoms with van der Waals surface area (Å²) in [6.45, 7) is 5.45. The summed E-state index contributed by atoms with van der Waals surface area (Å²) in [5.74, 6) is 2.84. The van der Waals surface area contributed by atoms with Crippen LogP contribution in [-0.2, 0) is 14.6 Å². The summed E-state index contributed by atoms with van der Waals surface area (Å²) in [4.78, 5) is 4.75. The van der Waals surface area contributed by atoms with Crippen molar-refractivity contribution in [3.05, 3.63) is 0 Å². The molecule has 4 unspecified atom stereocenters. The molecule has 0 aromatic rings. The van der Waals surface area contributed by atoms with Crippen LogP contribution < -0.4 is 10.6 Å². The normalized spacial score (nSPS) is 35.6. The number of ether oxygens (including phenoxy) is 1. The number of nitrogens with zero attached hydrogens (tertiary/aromatic N) is 1. The van der Waals surface area contributed by atoms with E-state index in [-0.39, 0.29) is 5.92 Å². The van der Waals surface area contributed by atoms with Crippen molar-refractivity contribution >= 4 is 15.8 Å². The first-order chi connectivity index (χ1) is 12.0. The summed E-state index contributed by atoms with van der Waals surface area (Å²) < 4.78 is 28.8. The summed E-state index contributed by atoms with van der Waals surface area (Å²) >= 11 is 0. The van der Waals surface area contributed by atoms with Crippen LogP contribution in [0.2, 0.25) is 0 Å². The van der Waals surface area contributed by atoms with Gasteiger partial charge in [-0.05, 0) is 37.5 Å². The fourth-order valence-electron chi connectivity index (χ4n) is 4.08. The van der Waals surface area contributed by atoms with Gasteiger partial charge in [-0.25, -0.2) is 8.42 Å². The van der Waals surface area contributed by atoms with E-state index in [9.17, 15) is 8.42 Å². The standard InChI is InChI=1S/C18H33N3O3S/c1-14-4-2-3-5-17(14)21-18(19-10-15-6-8-24-12-15)20-11-16-7-9-25(22,23)13-16/h14-17H,2-13H2,1H3,(H2,19,20,21). The van der Waals surface area contributed by atoms with E-state index >= 15 is 0 Å². The maximum Gasteiger partial charge on any atom is 0.191 e. The lowest BCUT2D eigenvalue weighted by atomic mass is 9.86. The number of aliphatic imine (C=N–C) groups is 1. The highest BCUT2D eigenvalue weighted by atomic mass is 32.2. The molecule has 2 heterocycles. The zero-order valence-electron chi connectivity index (χ0n) is 15.4. The van der Waals surface area contributed by atoms with Gasteiger partial charge in [-0.15, -0.1) is 0 Å². The lowest BCUT2D eigenvalue weighted by molar-refractivity contribution is 0.186. The van der Waals surface area contributed by atoms with Crippen LogP contribution in [0.4, 0.5) is 0 Å². The number of sulfone groups is 1. The minimum absolute atomic E-state index is 0.169. The molecule has 6 nitrogen and oxygen atoms in total. The first-order valence-electron chi connectivity index (χ1n) is 9.85. The molecule has 2 N–H and O–H groups in total. The van der Waals surface area contributed by atoms with Crippen molar-refractivity contribution in [1.29, 1.82) is 0 Å². The van der Waals surface area contributed by atoms with Crippen LogP contribution >= 0.6 is 0 Å². The zero-order chi connectivity index (χ0) is 17.7. The maximum atomic E-state index is 11.7. The van der Waals surface area contributed by atoms with Crippen LogP contribution in [0, 0.1) is 17.8 Å². The predicted molar refractivity (Wildman–Crippen MR) is 101 cm³/mol. The first-order valence-corrected chi connectivity index (χ1v) is 11.7. The summed E-state index contributed by atoms with van der Waals surface area (Å²) in [5.41, 5.74) is 0. The number of rotatable bonds is 5. The Labute approximate surface area is 152 Å². The van der Waals surface area contributed by atoms with Crippen LogP contribution in [0.25, 0.3) is 0 Å². The van der Waals surface area contributed by atoms with Gasteiger partial charge in [-0.1, -0.05) is 19.8 Å². The lowest BCUT2D eigenvalue weighted by Crippen LogP contribution is -2.48. The van der Waals surface area contributed by atoms with Gasteiger partial charge in [0.05, 0.1) is 18.1 Å². The van der Waals surface area contributed by atoms with E-state index in [2.05, 4.69) is 17.6 Å². The Bertz CT molecular complexity index is 558. The second-order valence-corrected chi connectivity index (χ2v) is 10.3. The van der Waals surface area contributed by atoms with Gasteiger partial charge in [0.1, 0.15) is 0 Å². The molecule has 3 rings (SSSR count). The smallest absolute Gasteiger partial charge is 0.191 e. The quantitative estimate of drug-likeness (QED) is 0.566. The molecule has 3 fully saturated rings. The number of nitrogens with one attached hydrogen (secondary N) is 2. The SMILES string of the molecule is CC1CCCCC1NC(=NCC1CCS(=O)(=O)C1)NCC1CCOC1. The van der Waals surface area contributed by atoms with Crippen molar-refractivity contribution in [3.8, 4) is 0 Å². The summed E-state index contributed by atoms with van der Waals surface area (Å²) in [7, 11) is -2.83. The van der Waals surface area contributed by atoms with Crippen LogP contribution in [0.5, 0.6) is 0 Å². The molecule has 0 aromatic heterocycles. The Morgan fingerprint density at radius 3 is 2.68 bits per heavy atom. The molecule has 0 aromatic carbocycles. The van der Waals surface area contributed by atoms with Gasteiger partial charge in [0.25, 0.3) is 0 Å². The van der Waals surface area contributed by atoms with E-state index in [1.807, 2.05) is 0 Å². The second kappa shape index (κ2) is 8.71. The average molecular weight is 372 g/mol. The third-order valence-corrected chi connectivity index (χ3v) is 7.69. The van der Waals surface area contributed by atoms with Crippen LogP contribution in [0.1, 0.15) is 45.4 Å². The van der Waals surface area contributed by atoms with Crippen molar-refractivity contribution in [2.75, 3.05) is 37.8 Å². The molecule has 2 saturated heterocycles. The topological polar surface area (TPSA) is 79.8 Å². The molecule has 3 aliphatic rings. The van der Waals surface area contributed by atoms with Gasteiger partial charge in [0.15, 0.2) is 15.8 Å². The summed E-state index contributed by atoms with van der Waals surface area (Å²) in [5, 5.41) is 7.11. The van der Waals surface area contributed by atoms with Crippen molar-refractivity contribution in [1.82, 2.24) is 10.6 Å². The van der Waals surface area contributed by atoms with E-state index < -0.39 is 9.84 Å². The molecule has 0 spiro atoms. The van der Waals surface area contributed by atoms with E-state index in [1.165, 1.54) is 25.7 Å². The fourth-order valence-corrected chi connectivity index (χ4v) is 5.93. The highest BCUT2D eigenvalue weighted by Crippen LogP contribution is 2.24. The molecule has 1 saturated carbocycles. The Hall–Kier alpha value is -0.820. The second-order valence-electron chi connectivity index (χ2n) is 8.08. The largest absolute Gasteiger partial charge is 0.381 e.